The highest BCUT2D eigenvalue weighted by Crippen LogP contribution is 2.20. The minimum absolute atomic E-state index is 0.0179. The molecule has 0 unspecified atom stereocenters. The summed E-state index contributed by atoms with van der Waals surface area (Å²) >= 11 is 0. The number of carbonyl (C=O) groups is 2. The van der Waals surface area contributed by atoms with E-state index in [9.17, 15) is 9.59 Å². The molecule has 88 valence electrons. The summed E-state index contributed by atoms with van der Waals surface area (Å²) in [6.45, 7) is 5.82. The quantitative estimate of drug-likeness (QED) is 0.663. The Bertz CT molecular complexity index is 219. The van der Waals surface area contributed by atoms with Crippen LogP contribution in [0.5, 0.6) is 0 Å². The highest BCUT2D eigenvalue weighted by atomic mass is 16.6. The summed E-state index contributed by atoms with van der Waals surface area (Å²) in [5, 5.41) is 8.40. The molecule has 0 radical (unpaired) electrons. The minimum Gasteiger partial charge on any atom is -0.481 e. The number of carboxylic acid groups (broad SMARTS) is 1. The van der Waals surface area contributed by atoms with Crippen molar-refractivity contribution in [2.24, 2.45) is 0 Å². The molecule has 0 aliphatic heterocycles. The van der Waals surface area contributed by atoms with Crippen molar-refractivity contribution in [3.05, 3.63) is 0 Å². The van der Waals surface area contributed by atoms with E-state index in [1.54, 1.807) is 0 Å². The van der Waals surface area contributed by atoms with Crippen LogP contribution in [0.2, 0.25) is 0 Å². The standard InChI is InChI=1S/C11H20O4/c1-4-11(3,5-2)15-10(14)8-6-7-9(12)13/h4-8H2,1-3H3,(H,12,13). The first kappa shape index (κ1) is 13.9. The molecule has 4 heteroatoms. The number of aliphatic carboxylic acids is 1. The van der Waals surface area contributed by atoms with Crippen LogP contribution in [0.25, 0.3) is 0 Å². The van der Waals surface area contributed by atoms with E-state index in [4.69, 9.17) is 9.84 Å². The van der Waals surface area contributed by atoms with Crippen LogP contribution in [0.3, 0.4) is 0 Å². The Labute approximate surface area is 90.6 Å². The third-order valence-corrected chi connectivity index (χ3v) is 2.63. The summed E-state index contributed by atoms with van der Waals surface area (Å²) in [6.07, 6.45) is 2.09. The summed E-state index contributed by atoms with van der Waals surface area (Å²) in [5.74, 6) is -1.18. The maximum atomic E-state index is 11.3. The van der Waals surface area contributed by atoms with Gasteiger partial charge in [0.15, 0.2) is 0 Å². The molecule has 0 fully saturated rings. The monoisotopic (exact) mass is 216 g/mol. The Kier molecular flexibility index (Phi) is 5.97. The van der Waals surface area contributed by atoms with Gasteiger partial charge in [0, 0.05) is 12.8 Å². The average molecular weight is 216 g/mol. The highest BCUT2D eigenvalue weighted by Gasteiger charge is 2.23. The fraction of sp³-hybridized carbons (Fsp3) is 0.818. The normalized spacial score (nSPS) is 11.1. The van der Waals surface area contributed by atoms with Crippen LogP contribution < -0.4 is 0 Å². The first-order valence-electron chi connectivity index (χ1n) is 5.37. The summed E-state index contributed by atoms with van der Waals surface area (Å²) in [5.41, 5.74) is -0.402. The van der Waals surface area contributed by atoms with Gasteiger partial charge in [-0.2, -0.15) is 0 Å². The molecule has 4 nitrogen and oxygen atoms in total. The molecule has 0 aromatic heterocycles. The van der Waals surface area contributed by atoms with Gasteiger partial charge >= 0.3 is 11.9 Å². The molecule has 0 rings (SSSR count). The van der Waals surface area contributed by atoms with Gasteiger partial charge in [0.2, 0.25) is 0 Å². The third-order valence-electron chi connectivity index (χ3n) is 2.63. The Balaban J connectivity index is 3.87. The van der Waals surface area contributed by atoms with E-state index in [1.165, 1.54) is 0 Å². The molecule has 0 saturated heterocycles. The average Bonchev–Trinajstić information content (AvgIpc) is 2.17. The second-order valence-electron chi connectivity index (χ2n) is 3.88. The van der Waals surface area contributed by atoms with Gasteiger partial charge in [-0.25, -0.2) is 0 Å². The van der Waals surface area contributed by atoms with E-state index >= 15 is 0 Å². The molecular formula is C11H20O4. The van der Waals surface area contributed by atoms with Crippen molar-refractivity contribution in [3.63, 3.8) is 0 Å². The van der Waals surface area contributed by atoms with E-state index in [-0.39, 0.29) is 18.8 Å². The number of hydrogen-bond acceptors (Lipinski definition) is 3. The van der Waals surface area contributed by atoms with Crippen molar-refractivity contribution in [2.75, 3.05) is 0 Å². The smallest absolute Gasteiger partial charge is 0.306 e. The predicted molar refractivity (Wildman–Crippen MR) is 56.6 cm³/mol. The number of carboxylic acids is 1. The Hall–Kier alpha value is -1.06. The first-order chi connectivity index (χ1) is 6.93. The summed E-state index contributed by atoms with van der Waals surface area (Å²) in [4.78, 5) is 21.6. The van der Waals surface area contributed by atoms with Gasteiger partial charge in [0.05, 0.1) is 0 Å². The molecule has 0 amide bonds. The van der Waals surface area contributed by atoms with E-state index in [2.05, 4.69) is 0 Å². The number of rotatable bonds is 7. The maximum Gasteiger partial charge on any atom is 0.306 e. The van der Waals surface area contributed by atoms with Gasteiger partial charge in [0.25, 0.3) is 0 Å². The third kappa shape index (κ3) is 6.10. The number of ether oxygens (including phenoxy) is 1. The Morgan fingerprint density at radius 1 is 1.20 bits per heavy atom. The van der Waals surface area contributed by atoms with Crippen molar-refractivity contribution >= 4 is 11.9 Å². The molecule has 0 bridgehead atoms. The largest absolute Gasteiger partial charge is 0.481 e. The van der Waals surface area contributed by atoms with Crippen LogP contribution in [0.1, 0.15) is 52.9 Å². The molecule has 0 spiro atoms. The van der Waals surface area contributed by atoms with Gasteiger partial charge < -0.3 is 9.84 Å². The minimum atomic E-state index is -0.878. The predicted octanol–water partition coefficient (Wildman–Crippen LogP) is 2.36. The van der Waals surface area contributed by atoms with Crippen LogP contribution in [0.15, 0.2) is 0 Å². The van der Waals surface area contributed by atoms with Crippen LogP contribution in [0, 0.1) is 0 Å². The fourth-order valence-electron chi connectivity index (χ4n) is 1.10. The maximum absolute atomic E-state index is 11.3. The number of esters is 1. The van der Waals surface area contributed by atoms with Crippen molar-refractivity contribution in [1.29, 1.82) is 0 Å². The molecule has 0 atom stereocenters. The molecular weight excluding hydrogens is 196 g/mol. The topological polar surface area (TPSA) is 63.6 Å². The van der Waals surface area contributed by atoms with Crippen LogP contribution >= 0.6 is 0 Å². The molecule has 1 N–H and O–H groups in total. The summed E-state index contributed by atoms with van der Waals surface area (Å²) < 4.78 is 5.29. The number of carbonyl (C=O) groups excluding carboxylic acids is 1. The van der Waals surface area contributed by atoms with E-state index < -0.39 is 11.6 Å². The van der Waals surface area contributed by atoms with Gasteiger partial charge in [-0.1, -0.05) is 13.8 Å². The van der Waals surface area contributed by atoms with Crippen LogP contribution in [-0.4, -0.2) is 22.6 Å². The highest BCUT2D eigenvalue weighted by molar-refractivity contribution is 5.71. The van der Waals surface area contributed by atoms with Crippen molar-refractivity contribution in [3.8, 4) is 0 Å². The van der Waals surface area contributed by atoms with E-state index in [0.717, 1.165) is 12.8 Å². The zero-order valence-corrected chi connectivity index (χ0v) is 9.71. The molecule has 0 aromatic carbocycles. The number of hydrogen-bond donors (Lipinski definition) is 1. The molecule has 0 aliphatic rings. The zero-order chi connectivity index (χ0) is 11.9. The van der Waals surface area contributed by atoms with Crippen molar-refractivity contribution in [2.45, 2.75) is 58.5 Å². The zero-order valence-electron chi connectivity index (χ0n) is 9.71. The fourth-order valence-corrected chi connectivity index (χ4v) is 1.10. The summed E-state index contributed by atoms with van der Waals surface area (Å²) in [7, 11) is 0. The van der Waals surface area contributed by atoms with Crippen molar-refractivity contribution < 1.29 is 19.4 Å². The van der Waals surface area contributed by atoms with E-state index in [1.807, 2.05) is 20.8 Å². The SMILES string of the molecule is CCC(C)(CC)OC(=O)CCCC(=O)O. The lowest BCUT2D eigenvalue weighted by Crippen LogP contribution is -2.30. The molecule has 15 heavy (non-hydrogen) atoms. The molecule has 0 aromatic rings. The van der Waals surface area contributed by atoms with E-state index in [0.29, 0.717) is 6.42 Å². The van der Waals surface area contributed by atoms with Gasteiger partial charge in [-0.05, 0) is 26.2 Å². The van der Waals surface area contributed by atoms with Crippen LogP contribution in [0.4, 0.5) is 0 Å². The second-order valence-corrected chi connectivity index (χ2v) is 3.88. The first-order valence-corrected chi connectivity index (χ1v) is 5.37. The Morgan fingerprint density at radius 3 is 2.13 bits per heavy atom. The second kappa shape index (κ2) is 6.43. The molecule has 0 heterocycles. The van der Waals surface area contributed by atoms with Crippen LogP contribution in [-0.2, 0) is 14.3 Å². The van der Waals surface area contributed by atoms with Crippen molar-refractivity contribution in [1.82, 2.24) is 0 Å². The summed E-state index contributed by atoms with van der Waals surface area (Å²) in [6, 6.07) is 0. The van der Waals surface area contributed by atoms with Gasteiger partial charge in [0.1, 0.15) is 5.60 Å². The molecule has 0 saturated carbocycles. The lowest BCUT2D eigenvalue weighted by atomic mass is 10.00. The lowest BCUT2D eigenvalue weighted by Gasteiger charge is -2.26. The van der Waals surface area contributed by atoms with Gasteiger partial charge in [-0.15, -0.1) is 0 Å². The lowest BCUT2D eigenvalue weighted by molar-refractivity contribution is -0.159. The van der Waals surface area contributed by atoms with Gasteiger partial charge in [-0.3, -0.25) is 9.59 Å². The Morgan fingerprint density at radius 2 is 1.73 bits per heavy atom. The molecule has 0 aliphatic carbocycles.